The normalized spacial score (nSPS) is 11.5. The van der Waals surface area contributed by atoms with E-state index < -0.39 is 0 Å². The van der Waals surface area contributed by atoms with Crippen LogP contribution in [0.15, 0.2) is 212 Å². The Morgan fingerprint density at radius 1 is 0.371 bits per heavy atom. The molecule has 0 N–H and O–H groups in total. The molecule has 290 valence electrons. The maximum atomic E-state index is 5.38. The van der Waals surface area contributed by atoms with E-state index in [-0.39, 0.29) is 0 Å². The molecule has 0 bridgehead atoms. The zero-order valence-corrected chi connectivity index (χ0v) is 34.2. The molecule has 62 heavy (non-hydrogen) atoms. The van der Waals surface area contributed by atoms with Gasteiger partial charge in [0.1, 0.15) is 0 Å². The van der Waals surface area contributed by atoms with Crippen LogP contribution in [0.2, 0.25) is 0 Å². The van der Waals surface area contributed by atoms with Crippen molar-refractivity contribution in [3.8, 4) is 73.4 Å². The van der Waals surface area contributed by atoms with E-state index in [9.17, 15) is 0 Å². The number of pyridine rings is 1. The van der Waals surface area contributed by atoms with Gasteiger partial charge in [-0.15, -0.1) is 11.3 Å². The average molecular weight is 810 g/mol. The van der Waals surface area contributed by atoms with Crippen LogP contribution < -0.4 is 0 Å². The largest absolute Gasteiger partial charge is 0.309 e. The number of nitrogens with zero attached hydrogens (tertiary/aromatic N) is 5. The molecule has 0 aliphatic carbocycles. The Kier molecular flexibility index (Phi) is 8.61. The van der Waals surface area contributed by atoms with E-state index >= 15 is 0 Å². The second-order valence-electron chi connectivity index (χ2n) is 15.4. The van der Waals surface area contributed by atoms with Crippen LogP contribution in [0.3, 0.4) is 0 Å². The van der Waals surface area contributed by atoms with Crippen LogP contribution in [0.4, 0.5) is 0 Å². The van der Waals surface area contributed by atoms with Crippen molar-refractivity contribution in [3.05, 3.63) is 212 Å². The Bertz CT molecular complexity index is 3540. The van der Waals surface area contributed by atoms with Gasteiger partial charge in [-0.1, -0.05) is 170 Å². The van der Waals surface area contributed by atoms with Crippen molar-refractivity contribution in [2.24, 2.45) is 0 Å². The third-order valence-corrected chi connectivity index (χ3v) is 12.9. The highest BCUT2D eigenvalue weighted by Gasteiger charge is 2.23. The Hall–Kier alpha value is -8.06. The molecule has 0 amide bonds. The number of fused-ring (bicyclic) bond motifs is 7. The molecule has 0 atom stereocenters. The second-order valence-corrected chi connectivity index (χ2v) is 16.5. The van der Waals surface area contributed by atoms with Crippen LogP contribution in [-0.2, 0) is 0 Å². The van der Waals surface area contributed by atoms with E-state index in [4.69, 9.17) is 19.9 Å². The molecular weight excluding hydrogens is 775 g/mol. The van der Waals surface area contributed by atoms with Crippen molar-refractivity contribution in [2.75, 3.05) is 0 Å². The van der Waals surface area contributed by atoms with Crippen molar-refractivity contribution < 1.29 is 0 Å². The van der Waals surface area contributed by atoms with Gasteiger partial charge in [-0.2, -0.15) is 0 Å². The predicted molar refractivity (Wildman–Crippen MR) is 257 cm³/mol. The van der Waals surface area contributed by atoms with Crippen molar-refractivity contribution in [2.45, 2.75) is 0 Å². The monoisotopic (exact) mass is 809 g/mol. The summed E-state index contributed by atoms with van der Waals surface area (Å²) in [6.45, 7) is 0. The van der Waals surface area contributed by atoms with Gasteiger partial charge >= 0.3 is 0 Å². The van der Waals surface area contributed by atoms with Gasteiger partial charge in [0.25, 0.3) is 0 Å². The average Bonchev–Trinajstić information content (AvgIpc) is 3.91. The van der Waals surface area contributed by atoms with E-state index in [1.54, 1.807) is 0 Å². The highest BCUT2D eigenvalue weighted by molar-refractivity contribution is 7.27. The van der Waals surface area contributed by atoms with Crippen LogP contribution in [0.1, 0.15) is 0 Å². The molecule has 4 heterocycles. The second kappa shape index (κ2) is 14.9. The zero-order valence-electron chi connectivity index (χ0n) is 33.4. The Morgan fingerprint density at radius 3 is 1.61 bits per heavy atom. The minimum atomic E-state index is 0.563. The number of hydrogen-bond donors (Lipinski definition) is 0. The molecule has 4 aromatic heterocycles. The van der Waals surface area contributed by atoms with E-state index in [0.29, 0.717) is 17.5 Å². The lowest BCUT2D eigenvalue weighted by Gasteiger charge is -2.14. The SMILES string of the molecule is c1ccc(-c2ccc(-c3cnc(-c4cccc5sc6c(ccc7c6c6ccccc6n7-c6ccccc6)c45)c(-c4nc(-c5ccccc5)nc(-c5ccccc5)n4)c3)cc2)cc1. The number of rotatable bonds is 7. The van der Waals surface area contributed by atoms with Gasteiger partial charge < -0.3 is 4.57 Å². The van der Waals surface area contributed by atoms with E-state index in [2.05, 4.69) is 144 Å². The topological polar surface area (TPSA) is 56.5 Å². The zero-order chi connectivity index (χ0) is 41.0. The minimum Gasteiger partial charge on any atom is -0.309 e. The summed E-state index contributed by atoms with van der Waals surface area (Å²) in [5, 5.41) is 4.86. The molecule has 8 aromatic carbocycles. The first kappa shape index (κ1) is 35.8. The first-order valence-electron chi connectivity index (χ1n) is 20.7. The highest BCUT2D eigenvalue weighted by atomic mass is 32.1. The molecular formula is C56H35N5S. The summed E-state index contributed by atoms with van der Waals surface area (Å²) in [5.41, 5.74) is 12.4. The molecule has 0 radical (unpaired) electrons. The summed E-state index contributed by atoms with van der Waals surface area (Å²) >= 11 is 1.84. The fourth-order valence-electron chi connectivity index (χ4n) is 8.81. The maximum absolute atomic E-state index is 5.38. The summed E-state index contributed by atoms with van der Waals surface area (Å²) in [7, 11) is 0. The number of para-hydroxylation sites is 2. The van der Waals surface area contributed by atoms with Crippen LogP contribution in [0.25, 0.3) is 115 Å². The van der Waals surface area contributed by atoms with E-state index in [1.165, 1.54) is 47.5 Å². The number of thiophene rings is 1. The van der Waals surface area contributed by atoms with Gasteiger partial charge in [0.05, 0.1) is 16.7 Å². The Labute approximate surface area is 361 Å². The van der Waals surface area contributed by atoms with Gasteiger partial charge in [0.2, 0.25) is 0 Å². The molecule has 6 heteroatoms. The fraction of sp³-hybridized carbons (Fsp3) is 0. The lowest BCUT2D eigenvalue weighted by molar-refractivity contribution is 1.07. The molecule has 0 saturated heterocycles. The van der Waals surface area contributed by atoms with Crippen molar-refractivity contribution >= 4 is 53.3 Å². The summed E-state index contributed by atoms with van der Waals surface area (Å²) in [6, 6.07) is 72.2. The molecule has 0 spiro atoms. The van der Waals surface area contributed by atoms with Gasteiger partial charge in [-0.3, -0.25) is 4.98 Å². The molecule has 0 unspecified atom stereocenters. The lowest BCUT2D eigenvalue weighted by atomic mass is 9.96. The molecule has 12 aromatic rings. The van der Waals surface area contributed by atoms with Gasteiger partial charge in [-0.25, -0.2) is 15.0 Å². The van der Waals surface area contributed by atoms with Gasteiger partial charge in [0.15, 0.2) is 17.5 Å². The molecule has 0 aliphatic heterocycles. The quantitative estimate of drug-likeness (QED) is 0.161. The smallest absolute Gasteiger partial charge is 0.166 e. The number of aromatic nitrogens is 5. The first-order chi connectivity index (χ1) is 30.7. The van der Waals surface area contributed by atoms with Crippen molar-refractivity contribution in [3.63, 3.8) is 0 Å². The van der Waals surface area contributed by atoms with Crippen LogP contribution in [-0.4, -0.2) is 24.5 Å². The highest BCUT2D eigenvalue weighted by Crippen LogP contribution is 2.47. The standard InChI is InChI=1S/C56H35N5S/c1-5-16-36(17-6-1)37-28-30-38(31-29-37)41-34-46(56-59-54(39-18-7-2-8-19-39)58-55(60-56)40-20-9-3-10-21-40)52(57-35-41)44-25-15-27-49-50(44)45-32-33-48-51(53(45)62-49)43-24-13-14-26-47(43)61(48)42-22-11-4-12-23-42/h1-35H. The number of benzene rings is 8. The van der Waals surface area contributed by atoms with Crippen molar-refractivity contribution in [1.82, 2.24) is 24.5 Å². The summed E-state index contributed by atoms with van der Waals surface area (Å²) in [4.78, 5) is 20.9. The Morgan fingerprint density at radius 2 is 0.935 bits per heavy atom. The van der Waals surface area contributed by atoms with Gasteiger partial charge in [0, 0.05) is 70.6 Å². The van der Waals surface area contributed by atoms with Crippen LogP contribution in [0, 0.1) is 0 Å². The summed E-state index contributed by atoms with van der Waals surface area (Å²) in [6.07, 6.45) is 1.99. The third-order valence-electron chi connectivity index (χ3n) is 11.7. The van der Waals surface area contributed by atoms with Crippen LogP contribution >= 0.6 is 11.3 Å². The van der Waals surface area contributed by atoms with E-state index in [1.807, 2.05) is 84.3 Å². The maximum Gasteiger partial charge on any atom is 0.166 e. The predicted octanol–water partition coefficient (Wildman–Crippen LogP) is 14.7. The molecule has 0 saturated carbocycles. The lowest BCUT2D eigenvalue weighted by Crippen LogP contribution is -2.02. The molecule has 5 nitrogen and oxygen atoms in total. The molecule has 0 fully saturated rings. The molecule has 0 aliphatic rings. The minimum absolute atomic E-state index is 0.563. The van der Waals surface area contributed by atoms with Gasteiger partial charge in [-0.05, 0) is 53.1 Å². The first-order valence-corrected chi connectivity index (χ1v) is 21.5. The van der Waals surface area contributed by atoms with Crippen LogP contribution in [0.5, 0.6) is 0 Å². The third kappa shape index (κ3) is 6.08. The Balaban J connectivity index is 1.11. The summed E-state index contributed by atoms with van der Waals surface area (Å²) < 4.78 is 4.83. The van der Waals surface area contributed by atoms with Crippen molar-refractivity contribution in [1.29, 1.82) is 0 Å². The number of hydrogen-bond acceptors (Lipinski definition) is 5. The van der Waals surface area contributed by atoms with E-state index in [0.717, 1.165) is 50.3 Å². The summed E-state index contributed by atoms with van der Waals surface area (Å²) in [5.74, 6) is 1.77. The molecule has 12 rings (SSSR count). The fourth-order valence-corrected chi connectivity index (χ4v) is 10.1.